The van der Waals surface area contributed by atoms with Crippen LogP contribution in [0.25, 0.3) is 0 Å². The molecule has 1 aliphatic rings. The van der Waals surface area contributed by atoms with Gasteiger partial charge in [-0.3, -0.25) is 4.99 Å². The van der Waals surface area contributed by atoms with Crippen LogP contribution in [0.4, 0.5) is 0 Å². The zero-order valence-corrected chi connectivity index (χ0v) is 14.1. The SMILES string of the molecule is CN=C(NCCc1ccc2c(c1)OCO2)NCc1ncc(C)s1. The van der Waals surface area contributed by atoms with Crippen molar-refractivity contribution in [3.05, 3.63) is 39.8 Å². The summed E-state index contributed by atoms with van der Waals surface area (Å²) in [7, 11) is 1.77. The van der Waals surface area contributed by atoms with E-state index in [9.17, 15) is 0 Å². The van der Waals surface area contributed by atoms with Gasteiger partial charge in [-0.15, -0.1) is 11.3 Å². The van der Waals surface area contributed by atoms with Gasteiger partial charge in [0.25, 0.3) is 0 Å². The molecule has 1 aromatic heterocycles. The molecule has 2 N–H and O–H groups in total. The van der Waals surface area contributed by atoms with Gasteiger partial charge >= 0.3 is 0 Å². The molecule has 122 valence electrons. The molecule has 0 fully saturated rings. The van der Waals surface area contributed by atoms with Crippen molar-refractivity contribution in [2.45, 2.75) is 19.9 Å². The molecular weight excluding hydrogens is 312 g/mol. The number of rotatable bonds is 5. The second-order valence-electron chi connectivity index (χ2n) is 5.15. The van der Waals surface area contributed by atoms with E-state index < -0.39 is 0 Å². The maximum atomic E-state index is 5.39. The number of aromatic nitrogens is 1. The summed E-state index contributed by atoms with van der Waals surface area (Å²) in [5.74, 6) is 2.42. The normalized spacial score (nSPS) is 13.2. The first-order chi connectivity index (χ1) is 11.2. The number of nitrogens with zero attached hydrogens (tertiary/aromatic N) is 2. The van der Waals surface area contributed by atoms with Crippen molar-refractivity contribution in [2.75, 3.05) is 20.4 Å². The molecule has 6 nitrogen and oxygen atoms in total. The Morgan fingerprint density at radius 2 is 2.17 bits per heavy atom. The van der Waals surface area contributed by atoms with E-state index in [0.717, 1.165) is 35.4 Å². The van der Waals surface area contributed by atoms with Crippen LogP contribution in [0.15, 0.2) is 29.4 Å². The highest BCUT2D eigenvalue weighted by molar-refractivity contribution is 7.11. The van der Waals surface area contributed by atoms with Crippen LogP contribution in [0.5, 0.6) is 11.5 Å². The first-order valence-electron chi connectivity index (χ1n) is 7.49. The number of hydrogen-bond donors (Lipinski definition) is 2. The Kier molecular flexibility index (Phi) is 4.97. The summed E-state index contributed by atoms with van der Waals surface area (Å²) in [4.78, 5) is 9.77. The average molecular weight is 332 g/mol. The lowest BCUT2D eigenvalue weighted by atomic mass is 10.1. The highest BCUT2D eigenvalue weighted by atomic mass is 32.1. The number of guanidine groups is 1. The summed E-state index contributed by atoms with van der Waals surface area (Å²) in [5.41, 5.74) is 1.20. The van der Waals surface area contributed by atoms with E-state index >= 15 is 0 Å². The van der Waals surface area contributed by atoms with Gasteiger partial charge in [0.2, 0.25) is 6.79 Å². The van der Waals surface area contributed by atoms with Gasteiger partial charge in [0, 0.05) is 24.7 Å². The van der Waals surface area contributed by atoms with Gasteiger partial charge in [0.05, 0.1) is 6.54 Å². The van der Waals surface area contributed by atoms with Crippen LogP contribution in [-0.4, -0.2) is 31.3 Å². The largest absolute Gasteiger partial charge is 0.454 e. The lowest BCUT2D eigenvalue weighted by molar-refractivity contribution is 0.174. The van der Waals surface area contributed by atoms with Gasteiger partial charge < -0.3 is 20.1 Å². The fourth-order valence-electron chi connectivity index (χ4n) is 2.28. The molecule has 0 radical (unpaired) electrons. The summed E-state index contributed by atoms with van der Waals surface area (Å²) >= 11 is 1.69. The Morgan fingerprint density at radius 3 is 2.96 bits per heavy atom. The summed E-state index contributed by atoms with van der Waals surface area (Å²) < 4.78 is 10.7. The van der Waals surface area contributed by atoms with Gasteiger partial charge in [-0.2, -0.15) is 0 Å². The van der Waals surface area contributed by atoms with Gasteiger partial charge in [0.15, 0.2) is 17.5 Å². The Hall–Kier alpha value is -2.28. The predicted molar refractivity (Wildman–Crippen MR) is 91.3 cm³/mol. The second-order valence-corrected chi connectivity index (χ2v) is 6.47. The maximum Gasteiger partial charge on any atom is 0.231 e. The Morgan fingerprint density at radius 1 is 1.30 bits per heavy atom. The lowest BCUT2D eigenvalue weighted by Crippen LogP contribution is -2.37. The van der Waals surface area contributed by atoms with Crippen LogP contribution in [0, 0.1) is 6.92 Å². The number of nitrogens with one attached hydrogen (secondary N) is 2. The standard InChI is InChI=1S/C16H20N4O2S/c1-11-8-19-15(23-11)9-20-16(17-2)18-6-5-12-3-4-13-14(7-12)22-10-21-13/h3-4,7-8H,5-6,9-10H2,1-2H3,(H2,17,18,20). The molecule has 1 aromatic carbocycles. The third kappa shape index (κ3) is 4.13. The van der Waals surface area contributed by atoms with E-state index in [2.05, 4.69) is 33.6 Å². The van der Waals surface area contributed by atoms with Gasteiger partial charge in [-0.1, -0.05) is 6.07 Å². The Labute approximate surface area is 139 Å². The lowest BCUT2D eigenvalue weighted by Gasteiger charge is -2.11. The summed E-state index contributed by atoms with van der Waals surface area (Å²) in [6, 6.07) is 6.04. The van der Waals surface area contributed by atoms with Gasteiger partial charge in [0.1, 0.15) is 5.01 Å². The molecule has 0 saturated carbocycles. The number of fused-ring (bicyclic) bond motifs is 1. The molecule has 0 spiro atoms. The number of benzene rings is 1. The number of hydrogen-bond acceptors (Lipinski definition) is 5. The van der Waals surface area contributed by atoms with Crippen LogP contribution < -0.4 is 20.1 Å². The number of thiazole rings is 1. The summed E-state index contributed by atoms with van der Waals surface area (Å²) in [6.07, 6.45) is 2.77. The van der Waals surface area contributed by atoms with Crippen LogP contribution >= 0.6 is 11.3 Å². The van der Waals surface area contributed by atoms with Crippen molar-refractivity contribution < 1.29 is 9.47 Å². The van der Waals surface area contributed by atoms with Crippen LogP contribution in [0.2, 0.25) is 0 Å². The Balaban J connectivity index is 1.45. The molecule has 23 heavy (non-hydrogen) atoms. The molecule has 2 heterocycles. The molecule has 0 unspecified atom stereocenters. The fraction of sp³-hybridized carbons (Fsp3) is 0.375. The fourth-order valence-corrected chi connectivity index (χ4v) is 3.01. The number of ether oxygens (including phenoxy) is 2. The minimum atomic E-state index is 0.309. The number of aryl methyl sites for hydroxylation is 1. The minimum Gasteiger partial charge on any atom is -0.454 e. The third-order valence-electron chi connectivity index (χ3n) is 3.44. The van der Waals surface area contributed by atoms with Crippen LogP contribution in [-0.2, 0) is 13.0 Å². The van der Waals surface area contributed by atoms with E-state index in [-0.39, 0.29) is 0 Å². The van der Waals surface area contributed by atoms with Gasteiger partial charge in [-0.05, 0) is 31.0 Å². The smallest absolute Gasteiger partial charge is 0.231 e. The van der Waals surface area contributed by atoms with Gasteiger partial charge in [-0.25, -0.2) is 4.98 Å². The average Bonchev–Trinajstić information content (AvgIpc) is 3.18. The first-order valence-corrected chi connectivity index (χ1v) is 8.30. The molecule has 1 aliphatic heterocycles. The molecule has 0 saturated heterocycles. The molecular formula is C16H20N4O2S. The molecule has 0 aliphatic carbocycles. The summed E-state index contributed by atoms with van der Waals surface area (Å²) in [6.45, 7) is 3.84. The molecule has 2 aromatic rings. The highest BCUT2D eigenvalue weighted by Gasteiger charge is 2.12. The minimum absolute atomic E-state index is 0.309. The van der Waals surface area contributed by atoms with Crippen molar-refractivity contribution in [3.63, 3.8) is 0 Å². The van der Waals surface area contributed by atoms with Crippen LogP contribution in [0.1, 0.15) is 15.4 Å². The van der Waals surface area contributed by atoms with E-state index in [1.807, 2.05) is 18.3 Å². The van der Waals surface area contributed by atoms with Crippen LogP contribution in [0.3, 0.4) is 0 Å². The summed E-state index contributed by atoms with van der Waals surface area (Å²) in [5, 5.41) is 7.63. The molecule has 7 heteroatoms. The highest BCUT2D eigenvalue weighted by Crippen LogP contribution is 2.32. The van der Waals surface area contributed by atoms with E-state index in [0.29, 0.717) is 13.3 Å². The van der Waals surface area contributed by atoms with Crippen molar-refractivity contribution in [1.82, 2.24) is 15.6 Å². The third-order valence-corrected chi connectivity index (χ3v) is 4.36. The molecule has 0 atom stereocenters. The van der Waals surface area contributed by atoms with Crippen molar-refractivity contribution >= 4 is 17.3 Å². The Bertz CT molecular complexity index is 699. The quantitative estimate of drug-likeness (QED) is 0.648. The maximum absolute atomic E-state index is 5.39. The molecule has 0 bridgehead atoms. The van der Waals surface area contributed by atoms with E-state index in [1.54, 1.807) is 18.4 Å². The first kappa shape index (κ1) is 15.6. The van der Waals surface area contributed by atoms with Crippen molar-refractivity contribution in [2.24, 2.45) is 4.99 Å². The zero-order valence-electron chi connectivity index (χ0n) is 13.3. The van der Waals surface area contributed by atoms with E-state index in [1.165, 1.54) is 10.4 Å². The molecule has 0 amide bonds. The van der Waals surface area contributed by atoms with Crippen molar-refractivity contribution in [3.8, 4) is 11.5 Å². The monoisotopic (exact) mass is 332 g/mol. The molecule has 3 rings (SSSR count). The number of aliphatic imine (C=N–C) groups is 1. The second kappa shape index (κ2) is 7.32. The topological polar surface area (TPSA) is 67.8 Å². The predicted octanol–water partition coefficient (Wildman–Crippen LogP) is 2.09. The zero-order chi connectivity index (χ0) is 16.1. The van der Waals surface area contributed by atoms with Crippen molar-refractivity contribution in [1.29, 1.82) is 0 Å². The van der Waals surface area contributed by atoms with E-state index in [4.69, 9.17) is 9.47 Å².